The molecule has 2 aromatic carbocycles. The molecule has 19 heavy (non-hydrogen) atoms. The Morgan fingerprint density at radius 1 is 0.842 bits per heavy atom. The number of rotatable bonds is 4. The van der Waals surface area contributed by atoms with E-state index in [1.165, 1.54) is 0 Å². The Labute approximate surface area is 117 Å². The molecule has 0 aromatic heterocycles. The molecule has 0 radical (unpaired) electrons. The molecule has 0 saturated heterocycles. The maximum atomic E-state index is 11.6. The van der Waals surface area contributed by atoms with Crippen molar-refractivity contribution in [2.75, 3.05) is 0 Å². The van der Waals surface area contributed by atoms with E-state index < -0.39 is 8.32 Å². The minimum atomic E-state index is -2.73. The highest BCUT2D eigenvalue weighted by Crippen LogP contribution is 2.37. The van der Waals surface area contributed by atoms with Gasteiger partial charge in [-0.1, -0.05) is 87.9 Å². The third-order valence-corrected chi connectivity index (χ3v) is 8.90. The Bertz CT molecular complexity index is 480. The minimum Gasteiger partial charge on any atom is -0.424 e. The average Bonchev–Trinajstić information content (AvgIpc) is 2.48. The van der Waals surface area contributed by atoms with Gasteiger partial charge < -0.3 is 4.80 Å². The molecule has 0 spiro atoms. The van der Waals surface area contributed by atoms with Crippen molar-refractivity contribution in [2.24, 2.45) is 0 Å². The summed E-state index contributed by atoms with van der Waals surface area (Å²) in [4.78, 5) is 11.6. The average molecular weight is 270 g/mol. The second-order valence-corrected chi connectivity index (χ2v) is 9.61. The van der Waals surface area contributed by atoms with Crippen LogP contribution in [-0.2, 0) is 0 Å². The fourth-order valence-corrected chi connectivity index (χ4v) is 6.32. The second kappa shape index (κ2) is 5.31. The molecule has 0 saturated carbocycles. The van der Waals surface area contributed by atoms with Crippen LogP contribution in [0.1, 0.15) is 27.2 Å². The first-order chi connectivity index (χ1) is 9.02. The first-order valence-corrected chi connectivity index (χ1v) is 8.80. The van der Waals surface area contributed by atoms with Crippen molar-refractivity contribution in [3.05, 3.63) is 60.7 Å². The maximum absolute atomic E-state index is 11.6. The molecule has 1 N–H and O–H groups in total. The maximum Gasteiger partial charge on any atom is 0.258 e. The standard InChI is InChI=1S/C17H22OSi/c1-4-17(2,3)19(18,15-11-7-5-8-12-15)16-13-9-6-10-14-16/h5-14,18H,4H2,1-3H3. The molecule has 0 atom stereocenters. The first kappa shape index (κ1) is 14.0. The molecule has 0 heterocycles. The Hall–Kier alpha value is -1.38. The molecular formula is C17H22OSi. The Balaban J connectivity index is 2.65. The quantitative estimate of drug-likeness (QED) is 0.847. The van der Waals surface area contributed by atoms with Crippen LogP contribution in [0.2, 0.25) is 5.04 Å². The Kier molecular flexibility index (Phi) is 3.93. The van der Waals surface area contributed by atoms with Crippen molar-refractivity contribution >= 4 is 18.7 Å². The van der Waals surface area contributed by atoms with Gasteiger partial charge in [-0.05, 0) is 15.4 Å². The van der Waals surface area contributed by atoms with E-state index in [-0.39, 0.29) is 5.04 Å². The molecule has 0 aliphatic heterocycles. The van der Waals surface area contributed by atoms with Crippen LogP contribution < -0.4 is 10.4 Å². The van der Waals surface area contributed by atoms with E-state index in [0.717, 1.165) is 16.8 Å². The Morgan fingerprint density at radius 3 is 1.53 bits per heavy atom. The van der Waals surface area contributed by atoms with Gasteiger partial charge in [0, 0.05) is 0 Å². The fourth-order valence-electron chi connectivity index (χ4n) is 2.56. The fraction of sp³-hybridized carbons (Fsp3) is 0.294. The van der Waals surface area contributed by atoms with Crippen molar-refractivity contribution in [2.45, 2.75) is 32.2 Å². The lowest BCUT2D eigenvalue weighted by molar-refractivity contribution is 0.478. The van der Waals surface area contributed by atoms with Crippen molar-refractivity contribution in [3.8, 4) is 0 Å². The van der Waals surface area contributed by atoms with E-state index in [4.69, 9.17) is 0 Å². The van der Waals surface area contributed by atoms with Crippen LogP contribution >= 0.6 is 0 Å². The van der Waals surface area contributed by atoms with Crippen molar-refractivity contribution in [3.63, 3.8) is 0 Å². The van der Waals surface area contributed by atoms with E-state index in [1.54, 1.807) is 0 Å². The smallest absolute Gasteiger partial charge is 0.258 e. The summed E-state index contributed by atoms with van der Waals surface area (Å²) in [7, 11) is -2.73. The van der Waals surface area contributed by atoms with Gasteiger partial charge in [-0.3, -0.25) is 0 Å². The molecular weight excluding hydrogens is 248 g/mol. The molecule has 0 fully saturated rings. The van der Waals surface area contributed by atoms with Crippen molar-refractivity contribution < 1.29 is 4.80 Å². The van der Waals surface area contributed by atoms with Crippen LogP contribution in [0, 0.1) is 0 Å². The van der Waals surface area contributed by atoms with E-state index in [9.17, 15) is 4.80 Å². The van der Waals surface area contributed by atoms with Gasteiger partial charge in [0.25, 0.3) is 8.32 Å². The van der Waals surface area contributed by atoms with Crippen LogP contribution in [0.5, 0.6) is 0 Å². The van der Waals surface area contributed by atoms with Gasteiger partial charge in [0.2, 0.25) is 0 Å². The zero-order valence-electron chi connectivity index (χ0n) is 11.9. The number of benzene rings is 2. The van der Waals surface area contributed by atoms with Gasteiger partial charge in [-0.2, -0.15) is 0 Å². The van der Waals surface area contributed by atoms with Gasteiger partial charge in [0.1, 0.15) is 0 Å². The summed E-state index contributed by atoms with van der Waals surface area (Å²) in [5.41, 5.74) is 0. The van der Waals surface area contributed by atoms with Gasteiger partial charge in [-0.15, -0.1) is 0 Å². The largest absolute Gasteiger partial charge is 0.424 e. The molecule has 1 nitrogen and oxygen atoms in total. The predicted octanol–water partition coefficient (Wildman–Crippen LogP) is 2.93. The summed E-state index contributed by atoms with van der Waals surface area (Å²) >= 11 is 0. The van der Waals surface area contributed by atoms with Crippen molar-refractivity contribution in [1.29, 1.82) is 0 Å². The topological polar surface area (TPSA) is 20.2 Å². The lowest BCUT2D eigenvalue weighted by Gasteiger charge is -2.40. The van der Waals surface area contributed by atoms with Gasteiger partial charge in [0.15, 0.2) is 0 Å². The number of hydrogen-bond donors (Lipinski definition) is 1. The zero-order chi connectivity index (χ0) is 13.9. The van der Waals surface area contributed by atoms with Gasteiger partial charge >= 0.3 is 0 Å². The highest BCUT2D eigenvalue weighted by atomic mass is 28.4. The summed E-state index contributed by atoms with van der Waals surface area (Å²) in [5, 5.41) is 2.08. The second-order valence-electron chi connectivity index (χ2n) is 5.68. The van der Waals surface area contributed by atoms with Crippen LogP contribution in [0.15, 0.2) is 60.7 Å². The normalized spacial score (nSPS) is 12.4. The molecule has 2 aromatic rings. The zero-order valence-corrected chi connectivity index (χ0v) is 12.9. The lowest BCUT2D eigenvalue weighted by atomic mass is 10.1. The van der Waals surface area contributed by atoms with Crippen LogP contribution in [0.25, 0.3) is 0 Å². The molecule has 0 amide bonds. The predicted molar refractivity (Wildman–Crippen MR) is 84.5 cm³/mol. The number of hydrogen-bond acceptors (Lipinski definition) is 1. The molecule has 0 aliphatic rings. The Morgan fingerprint density at radius 2 is 1.21 bits per heavy atom. The van der Waals surface area contributed by atoms with Gasteiger partial charge in [-0.25, -0.2) is 0 Å². The van der Waals surface area contributed by atoms with E-state index >= 15 is 0 Å². The third kappa shape index (κ3) is 2.38. The summed E-state index contributed by atoms with van der Waals surface area (Å²) in [5.74, 6) is 0. The lowest BCUT2D eigenvalue weighted by Crippen LogP contribution is -2.65. The molecule has 2 rings (SSSR count). The molecule has 100 valence electrons. The van der Waals surface area contributed by atoms with Crippen molar-refractivity contribution in [1.82, 2.24) is 0 Å². The van der Waals surface area contributed by atoms with E-state index in [2.05, 4.69) is 45.0 Å². The van der Waals surface area contributed by atoms with Crippen LogP contribution in [0.4, 0.5) is 0 Å². The summed E-state index contributed by atoms with van der Waals surface area (Å²) in [6, 6.07) is 20.3. The highest BCUT2D eigenvalue weighted by Gasteiger charge is 2.48. The first-order valence-electron chi connectivity index (χ1n) is 6.86. The highest BCUT2D eigenvalue weighted by molar-refractivity contribution is 6.98. The molecule has 0 unspecified atom stereocenters. The van der Waals surface area contributed by atoms with Crippen LogP contribution in [0.3, 0.4) is 0 Å². The van der Waals surface area contributed by atoms with E-state index in [1.807, 2.05) is 36.4 Å². The molecule has 0 aliphatic carbocycles. The summed E-state index contributed by atoms with van der Waals surface area (Å²) in [6.45, 7) is 6.52. The SMILES string of the molecule is CCC(C)(C)[Si](O)(c1ccccc1)c1ccccc1. The molecule has 0 bridgehead atoms. The monoisotopic (exact) mass is 270 g/mol. The summed E-state index contributed by atoms with van der Waals surface area (Å²) in [6.07, 6.45) is 0.958. The third-order valence-electron chi connectivity index (χ3n) is 4.25. The van der Waals surface area contributed by atoms with E-state index in [0.29, 0.717) is 0 Å². The molecule has 2 heteroatoms. The summed E-state index contributed by atoms with van der Waals surface area (Å²) < 4.78 is 0. The minimum absolute atomic E-state index is 0.101. The van der Waals surface area contributed by atoms with Gasteiger partial charge in [0.05, 0.1) is 0 Å². The van der Waals surface area contributed by atoms with Crippen LogP contribution in [-0.4, -0.2) is 13.1 Å².